The number of nitrogens with two attached hydrogens (primary N) is 1. The minimum Gasteiger partial charge on any atom is -0.465 e. The molecule has 1 saturated heterocycles. The highest BCUT2D eigenvalue weighted by molar-refractivity contribution is 5.98. The van der Waals surface area contributed by atoms with Gasteiger partial charge in [0.1, 0.15) is 11.3 Å². The molecule has 222 valence electrons. The van der Waals surface area contributed by atoms with Crippen LogP contribution < -0.4 is 5.73 Å². The summed E-state index contributed by atoms with van der Waals surface area (Å²) in [5, 5.41) is 0. The van der Waals surface area contributed by atoms with E-state index >= 15 is 0 Å². The van der Waals surface area contributed by atoms with Gasteiger partial charge in [-0.25, -0.2) is 19.7 Å². The van der Waals surface area contributed by atoms with Gasteiger partial charge in [-0.2, -0.15) is 0 Å². The summed E-state index contributed by atoms with van der Waals surface area (Å²) < 4.78 is 6.82. The number of aromatic nitrogens is 4. The number of nitrogens with zero attached hydrogens (tertiary/aromatic N) is 5. The Morgan fingerprint density at radius 1 is 0.889 bits per heavy atom. The quantitative estimate of drug-likeness (QED) is 0.233. The molecule has 1 fully saturated rings. The van der Waals surface area contributed by atoms with Crippen molar-refractivity contribution in [2.24, 2.45) is 0 Å². The lowest BCUT2D eigenvalue weighted by molar-refractivity contribution is 0.0588. The van der Waals surface area contributed by atoms with Gasteiger partial charge in [-0.15, -0.1) is 0 Å². The van der Waals surface area contributed by atoms with Crippen molar-refractivity contribution in [1.82, 2.24) is 24.4 Å². The van der Waals surface area contributed by atoms with E-state index in [9.17, 15) is 9.59 Å². The normalized spacial score (nSPS) is 13.1. The summed E-state index contributed by atoms with van der Waals surface area (Å²) in [6.07, 6.45) is 1.66. The number of fused-ring (bicyclic) bond motifs is 1. The molecule has 4 heterocycles. The first-order chi connectivity index (χ1) is 21.9. The Bertz CT molecular complexity index is 2070. The third kappa shape index (κ3) is 5.08. The fourth-order valence-electron chi connectivity index (χ4n) is 5.83. The van der Waals surface area contributed by atoms with Crippen LogP contribution >= 0.6 is 0 Å². The Hall–Kier alpha value is -5.83. The van der Waals surface area contributed by atoms with Crippen LogP contribution in [0.25, 0.3) is 39.5 Å². The van der Waals surface area contributed by atoms with E-state index in [0.29, 0.717) is 35.9 Å². The van der Waals surface area contributed by atoms with Crippen molar-refractivity contribution in [2.45, 2.75) is 12.8 Å². The number of amides is 1. The Morgan fingerprint density at radius 3 is 2.38 bits per heavy atom. The molecule has 0 radical (unpaired) electrons. The van der Waals surface area contributed by atoms with Crippen LogP contribution in [-0.2, 0) is 4.74 Å². The van der Waals surface area contributed by atoms with E-state index in [1.807, 2.05) is 71.0 Å². The zero-order chi connectivity index (χ0) is 31.1. The highest BCUT2D eigenvalue weighted by Crippen LogP contribution is 2.34. The van der Waals surface area contributed by atoms with Gasteiger partial charge in [0.25, 0.3) is 5.91 Å². The molecule has 3 aromatic heterocycles. The largest absolute Gasteiger partial charge is 0.465 e. The van der Waals surface area contributed by atoms with Crippen molar-refractivity contribution in [2.75, 3.05) is 25.9 Å². The van der Waals surface area contributed by atoms with Crippen molar-refractivity contribution < 1.29 is 14.3 Å². The van der Waals surface area contributed by atoms with Crippen molar-refractivity contribution in [3.63, 3.8) is 0 Å². The van der Waals surface area contributed by atoms with Gasteiger partial charge in [0.15, 0.2) is 11.5 Å². The number of hydrogen-bond acceptors (Lipinski definition) is 7. The van der Waals surface area contributed by atoms with Crippen molar-refractivity contribution in [3.8, 4) is 28.3 Å². The summed E-state index contributed by atoms with van der Waals surface area (Å²) in [7, 11) is 1.34. The van der Waals surface area contributed by atoms with Gasteiger partial charge >= 0.3 is 5.97 Å². The molecule has 9 heteroatoms. The third-order valence-electron chi connectivity index (χ3n) is 8.32. The van der Waals surface area contributed by atoms with E-state index in [4.69, 9.17) is 20.4 Å². The highest BCUT2D eigenvalue weighted by atomic mass is 16.5. The summed E-state index contributed by atoms with van der Waals surface area (Å²) in [5.41, 5.74) is 14.2. The molecule has 2 N–H and O–H groups in total. The molecule has 1 amide bonds. The number of ether oxygens (including phenoxy) is 1. The van der Waals surface area contributed by atoms with Gasteiger partial charge in [-0.05, 0) is 72.6 Å². The molecule has 0 aliphatic carbocycles. The zero-order valence-electron chi connectivity index (χ0n) is 24.8. The standard InChI is InChI=1S/C36H30N6O3/c1-22-19-25(36(44)45-2)12-15-28(22)35(43)41-20-26(21-41)23-10-13-27(14-11-23)42-33(29-9-6-18-38-32(29)37)40-31-17-16-30(39-34(31)42)24-7-4-3-5-8-24/h3-19,26H,20-21H2,1-2H3,(H2,37,38). The van der Waals surface area contributed by atoms with E-state index < -0.39 is 5.97 Å². The lowest BCUT2D eigenvalue weighted by Crippen LogP contribution is -2.48. The summed E-state index contributed by atoms with van der Waals surface area (Å²) >= 11 is 0. The molecular formula is C36H30N6O3. The maximum atomic E-state index is 13.2. The van der Waals surface area contributed by atoms with Crippen molar-refractivity contribution in [3.05, 3.63) is 126 Å². The van der Waals surface area contributed by atoms with Gasteiger partial charge in [0, 0.05) is 42.0 Å². The van der Waals surface area contributed by atoms with Crippen LogP contribution in [0.2, 0.25) is 0 Å². The lowest BCUT2D eigenvalue weighted by atomic mass is 9.90. The predicted molar refractivity (Wildman–Crippen MR) is 173 cm³/mol. The summed E-state index contributed by atoms with van der Waals surface area (Å²) in [5.74, 6) is 0.809. The number of methoxy groups -OCH3 is 1. The summed E-state index contributed by atoms with van der Waals surface area (Å²) in [4.78, 5) is 41.2. The number of carbonyl (C=O) groups is 2. The molecule has 6 aromatic rings. The van der Waals surface area contributed by atoms with Crippen LogP contribution in [0.4, 0.5) is 5.82 Å². The second kappa shape index (κ2) is 11.3. The molecular weight excluding hydrogens is 564 g/mol. The first kappa shape index (κ1) is 28.0. The van der Waals surface area contributed by atoms with Crippen LogP contribution in [0.15, 0.2) is 103 Å². The second-order valence-corrected chi connectivity index (χ2v) is 11.1. The average molecular weight is 595 g/mol. The Balaban J connectivity index is 1.17. The van der Waals surface area contributed by atoms with Gasteiger partial charge in [-0.3, -0.25) is 9.36 Å². The summed E-state index contributed by atoms with van der Waals surface area (Å²) in [6, 6.07) is 31.1. The number of esters is 1. The first-order valence-electron chi connectivity index (χ1n) is 14.7. The monoisotopic (exact) mass is 594 g/mol. The first-order valence-corrected chi connectivity index (χ1v) is 14.7. The van der Waals surface area contributed by atoms with Crippen molar-refractivity contribution in [1.29, 1.82) is 0 Å². The number of likely N-dealkylation sites (tertiary alicyclic amines) is 1. The van der Waals surface area contributed by atoms with Crippen LogP contribution in [0.3, 0.4) is 0 Å². The molecule has 0 spiro atoms. The minimum atomic E-state index is -0.420. The Kier molecular flexibility index (Phi) is 7.05. The minimum absolute atomic E-state index is 0.0410. The molecule has 0 bridgehead atoms. The summed E-state index contributed by atoms with van der Waals surface area (Å²) in [6.45, 7) is 3.06. The maximum absolute atomic E-state index is 13.2. The zero-order valence-corrected chi connectivity index (χ0v) is 24.8. The molecule has 1 aliphatic rings. The fraction of sp³-hybridized carbons (Fsp3) is 0.139. The number of anilines is 1. The predicted octanol–water partition coefficient (Wildman–Crippen LogP) is 6.07. The van der Waals surface area contributed by atoms with Crippen molar-refractivity contribution >= 4 is 28.9 Å². The molecule has 0 saturated carbocycles. The number of nitrogen functional groups attached to an aromatic ring is 1. The third-order valence-corrected chi connectivity index (χ3v) is 8.32. The van der Waals surface area contributed by atoms with Crippen LogP contribution in [0.1, 0.15) is 37.8 Å². The molecule has 9 nitrogen and oxygen atoms in total. The van der Waals surface area contributed by atoms with Gasteiger partial charge in [0.2, 0.25) is 0 Å². The topological polar surface area (TPSA) is 116 Å². The molecule has 45 heavy (non-hydrogen) atoms. The molecule has 0 atom stereocenters. The van der Waals surface area contributed by atoms with E-state index in [1.165, 1.54) is 7.11 Å². The van der Waals surface area contributed by atoms with Crippen LogP contribution in [0.5, 0.6) is 0 Å². The number of benzene rings is 3. The van der Waals surface area contributed by atoms with E-state index in [0.717, 1.165) is 44.8 Å². The van der Waals surface area contributed by atoms with E-state index in [1.54, 1.807) is 24.4 Å². The molecule has 0 unspecified atom stereocenters. The average Bonchev–Trinajstić information content (AvgIpc) is 3.43. The number of hydrogen-bond donors (Lipinski definition) is 1. The smallest absolute Gasteiger partial charge is 0.337 e. The SMILES string of the molecule is COC(=O)c1ccc(C(=O)N2CC(c3ccc(-n4c(-c5cccnc5N)nc5ccc(-c6ccccc6)nc54)cc3)C2)c(C)c1. The highest BCUT2D eigenvalue weighted by Gasteiger charge is 2.33. The molecule has 3 aromatic carbocycles. The van der Waals surface area contributed by atoms with Crippen LogP contribution in [0, 0.1) is 6.92 Å². The van der Waals surface area contributed by atoms with Crippen LogP contribution in [-0.4, -0.2) is 56.5 Å². The van der Waals surface area contributed by atoms with E-state index in [2.05, 4.69) is 29.2 Å². The lowest BCUT2D eigenvalue weighted by Gasteiger charge is -2.40. The van der Waals surface area contributed by atoms with Gasteiger partial charge in [0.05, 0.1) is 23.9 Å². The van der Waals surface area contributed by atoms with Gasteiger partial charge < -0.3 is 15.4 Å². The second-order valence-electron chi connectivity index (χ2n) is 11.1. The Morgan fingerprint density at radius 2 is 1.67 bits per heavy atom. The number of pyridine rings is 2. The molecule has 7 rings (SSSR count). The Labute approximate surface area is 260 Å². The van der Waals surface area contributed by atoms with Gasteiger partial charge in [-0.1, -0.05) is 42.5 Å². The number of rotatable bonds is 6. The fourth-order valence-corrected chi connectivity index (χ4v) is 5.83. The number of imidazole rings is 1. The number of carbonyl (C=O) groups excluding carboxylic acids is 2. The molecule has 1 aliphatic heterocycles. The number of aryl methyl sites for hydroxylation is 1. The van der Waals surface area contributed by atoms with E-state index in [-0.39, 0.29) is 11.8 Å². The maximum Gasteiger partial charge on any atom is 0.337 e.